The number of aromatic nitrogens is 4. The summed E-state index contributed by atoms with van der Waals surface area (Å²) in [7, 11) is 0. The highest BCUT2D eigenvalue weighted by Gasteiger charge is 2.16. The standard InChI is InChI=1S/C17H11ClN4OS/c18-12-6-8-13(9-7-12)22-15(11-4-2-1-3-5-11)10-14(21-22)16-19-20-17(24)23-16/h1-10H,(H,20,24). The summed E-state index contributed by atoms with van der Waals surface area (Å²) in [5, 5.41) is 12.0. The second kappa shape index (κ2) is 6.07. The van der Waals surface area contributed by atoms with Gasteiger partial charge in [0.25, 0.3) is 10.7 Å². The van der Waals surface area contributed by atoms with Crippen molar-refractivity contribution in [3.8, 4) is 28.5 Å². The smallest absolute Gasteiger partial charge is 0.284 e. The maximum atomic E-state index is 5.99. The number of nitrogens with zero attached hydrogens (tertiary/aromatic N) is 3. The first-order chi connectivity index (χ1) is 11.7. The Hall–Kier alpha value is -2.70. The molecule has 4 aromatic rings. The average molecular weight is 355 g/mol. The van der Waals surface area contributed by atoms with Crippen LogP contribution in [-0.2, 0) is 0 Å². The highest BCUT2D eigenvalue weighted by molar-refractivity contribution is 7.71. The normalized spacial score (nSPS) is 10.9. The van der Waals surface area contributed by atoms with Crippen molar-refractivity contribution in [3.63, 3.8) is 0 Å². The Bertz CT molecular complexity index is 1030. The third-order valence-electron chi connectivity index (χ3n) is 3.51. The average Bonchev–Trinajstić information content (AvgIpc) is 3.23. The van der Waals surface area contributed by atoms with Gasteiger partial charge in [0, 0.05) is 10.6 Å². The number of hydrogen-bond acceptors (Lipinski definition) is 4. The maximum Gasteiger partial charge on any atom is 0.284 e. The third kappa shape index (κ3) is 2.77. The van der Waals surface area contributed by atoms with Crippen molar-refractivity contribution in [2.75, 3.05) is 0 Å². The first-order valence-corrected chi connectivity index (χ1v) is 7.97. The molecule has 0 fully saturated rings. The van der Waals surface area contributed by atoms with Crippen LogP contribution in [0.1, 0.15) is 0 Å². The van der Waals surface area contributed by atoms with E-state index in [2.05, 4.69) is 15.3 Å². The second-order valence-corrected chi connectivity index (χ2v) is 5.89. The molecule has 0 atom stereocenters. The molecule has 4 rings (SSSR count). The molecule has 2 heterocycles. The lowest BCUT2D eigenvalue weighted by Crippen LogP contribution is -1.99. The molecule has 0 aliphatic carbocycles. The summed E-state index contributed by atoms with van der Waals surface area (Å²) in [5.74, 6) is 0.352. The van der Waals surface area contributed by atoms with Gasteiger partial charge >= 0.3 is 0 Å². The summed E-state index contributed by atoms with van der Waals surface area (Å²) >= 11 is 10.9. The van der Waals surface area contributed by atoms with Crippen molar-refractivity contribution in [1.29, 1.82) is 0 Å². The minimum absolute atomic E-state index is 0.215. The molecule has 0 unspecified atom stereocenters. The molecular weight excluding hydrogens is 344 g/mol. The summed E-state index contributed by atoms with van der Waals surface area (Å²) in [5.41, 5.74) is 3.42. The van der Waals surface area contributed by atoms with Crippen molar-refractivity contribution in [1.82, 2.24) is 20.0 Å². The van der Waals surface area contributed by atoms with Gasteiger partial charge in [0.1, 0.15) is 0 Å². The fourth-order valence-corrected chi connectivity index (χ4v) is 2.67. The van der Waals surface area contributed by atoms with Crippen LogP contribution in [0.25, 0.3) is 28.5 Å². The Balaban J connectivity index is 1.91. The Morgan fingerprint density at radius 3 is 2.46 bits per heavy atom. The molecule has 0 aliphatic heterocycles. The molecule has 0 bridgehead atoms. The quantitative estimate of drug-likeness (QED) is 0.531. The van der Waals surface area contributed by atoms with Gasteiger partial charge in [-0.15, -0.1) is 5.10 Å². The molecule has 24 heavy (non-hydrogen) atoms. The van der Waals surface area contributed by atoms with E-state index in [1.165, 1.54) is 0 Å². The van der Waals surface area contributed by atoms with E-state index in [1.54, 1.807) is 0 Å². The van der Waals surface area contributed by atoms with E-state index in [1.807, 2.05) is 65.3 Å². The zero-order valence-corrected chi connectivity index (χ0v) is 13.9. The summed E-state index contributed by atoms with van der Waals surface area (Å²) < 4.78 is 7.21. The lowest BCUT2D eigenvalue weighted by atomic mass is 10.1. The summed E-state index contributed by atoms with van der Waals surface area (Å²) in [6.07, 6.45) is 0. The van der Waals surface area contributed by atoms with Crippen LogP contribution in [0.5, 0.6) is 0 Å². The number of aromatic amines is 1. The van der Waals surface area contributed by atoms with Crippen LogP contribution in [0.3, 0.4) is 0 Å². The fourth-order valence-electron chi connectivity index (χ4n) is 2.42. The number of halogens is 1. The van der Waals surface area contributed by atoms with Crippen LogP contribution in [0.2, 0.25) is 5.02 Å². The van der Waals surface area contributed by atoms with Gasteiger partial charge in [0.05, 0.1) is 11.4 Å². The molecule has 0 aliphatic rings. The van der Waals surface area contributed by atoms with Crippen LogP contribution in [0, 0.1) is 4.84 Å². The summed E-state index contributed by atoms with van der Waals surface area (Å²) in [6.45, 7) is 0. The highest BCUT2D eigenvalue weighted by Crippen LogP contribution is 2.28. The van der Waals surface area contributed by atoms with Crippen molar-refractivity contribution in [3.05, 3.63) is 70.5 Å². The minimum atomic E-state index is 0.215. The van der Waals surface area contributed by atoms with Gasteiger partial charge in [-0.05, 0) is 42.5 Å². The van der Waals surface area contributed by atoms with E-state index in [4.69, 9.17) is 28.2 Å². The van der Waals surface area contributed by atoms with Crippen molar-refractivity contribution < 1.29 is 4.42 Å². The number of rotatable bonds is 3. The lowest BCUT2D eigenvalue weighted by Gasteiger charge is -2.07. The topological polar surface area (TPSA) is 59.6 Å². The predicted molar refractivity (Wildman–Crippen MR) is 94.7 cm³/mol. The van der Waals surface area contributed by atoms with Crippen molar-refractivity contribution >= 4 is 23.8 Å². The van der Waals surface area contributed by atoms with Crippen LogP contribution >= 0.6 is 23.8 Å². The van der Waals surface area contributed by atoms with Gasteiger partial charge in [-0.1, -0.05) is 41.9 Å². The van der Waals surface area contributed by atoms with Gasteiger partial charge in [0.15, 0.2) is 5.69 Å². The lowest BCUT2D eigenvalue weighted by molar-refractivity contribution is 0.549. The van der Waals surface area contributed by atoms with E-state index in [0.29, 0.717) is 16.6 Å². The zero-order valence-electron chi connectivity index (χ0n) is 12.3. The molecule has 0 radical (unpaired) electrons. The number of H-pyrrole nitrogens is 1. The second-order valence-electron chi connectivity index (χ2n) is 5.09. The van der Waals surface area contributed by atoms with E-state index < -0.39 is 0 Å². The molecule has 0 saturated carbocycles. The first-order valence-electron chi connectivity index (χ1n) is 7.18. The number of benzene rings is 2. The van der Waals surface area contributed by atoms with E-state index in [9.17, 15) is 0 Å². The van der Waals surface area contributed by atoms with Crippen LogP contribution < -0.4 is 0 Å². The van der Waals surface area contributed by atoms with Gasteiger partial charge in [-0.3, -0.25) is 0 Å². The van der Waals surface area contributed by atoms with Crippen molar-refractivity contribution in [2.45, 2.75) is 0 Å². The van der Waals surface area contributed by atoms with E-state index >= 15 is 0 Å². The van der Waals surface area contributed by atoms with E-state index in [-0.39, 0.29) is 4.84 Å². The van der Waals surface area contributed by atoms with Gasteiger partial charge in [0.2, 0.25) is 0 Å². The molecule has 1 N–H and O–H groups in total. The van der Waals surface area contributed by atoms with Crippen LogP contribution in [0.4, 0.5) is 0 Å². The molecule has 2 aromatic carbocycles. The number of nitrogens with one attached hydrogen (secondary N) is 1. The Morgan fingerprint density at radius 2 is 1.79 bits per heavy atom. The zero-order chi connectivity index (χ0) is 16.5. The SMILES string of the molecule is S=c1[nH]nc(-c2cc(-c3ccccc3)n(-c3ccc(Cl)cc3)n2)o1. The molecule has 5 nitrogen and oxygen atoms in total. The molecule has 0 spiro atoms. The predicted octanol–water partition coefficient (Wildman–Crippen LogP) is 4.91. The summed E-state index contributed by atoms with van der Waals surface area (Å²) in [6, 6.07) is 19.4. The molecule has 2 aromatic heterocycles. The highest BCUT2D eigenvalue weighted by atomic mass is 35.5. The molecule has 0 saturated heterocycles. The Morgan fingerprint density at radius 1 is 1.04 bits per heavy atom. The van der Waals surface area contributed by atoms with E-state index in [0.717, 1.165) is 16.9 Å². The fraction of sp³-hybridized carbons (Fsp3) is 0. The van der Waals surface area contributed by atoms with Crippen LogP contribution in [-0.4, -0.2) is 20.0 Å². The van der Waals surface area contributed by atoms with Crippen molar-refractivity contribution in [2.24, 2.45) is 0 Å². The third-order valence-corrected chi connectivity index (χ3v) is 3.93. The molecular formula is C17H11ClN4OS. The van der Waals surface area contributed by atoms with Gasteiger partial charge in [-0.2, -0.15) is 5.10 Å². The van der Waals surface area contributed by atoms with Gasteiger partial charge in [-0.25, -0.2) is 9.78 Å². The number of hydrogen-bond donors (Lipinski definition) is 1. The molecule has 118 valence electrons. The maximum absolute atomic E-state index is 5.99. The van der Waals surface area contributed by atoms with Gasteiger partial charge < -0.3 is 4.42 Å². The molecule has 0 amide bonds. The Labute approximate surface area is 147 Å². The monoisotopic (exact) mass is 354 g/mol. The van der Waals surface area contributed by atoms with Crippen LogP contribution in [0.15, 0.2) is 65.1 Å². The first kappa shape index (κ1) is 14.9. The minimum Gasteiger partial charge on any atom is -0.408 e. The Kier molecular flexibility index (Phi) is 3.76. The largest absolute Gasteiger partial charge is 0.408 e. The molecule has 7 heteroatoms. The summed E-state index contributed by atoms with van der Waals surface area (Å²) in [4.78, 5) is 0.215.